The van der Waals surface area contributed by atoms with E-state index in [0.29, 0.717) is 0 Å². The minimum Gasteiger partial charge on any atom is -0.377 e. The molecule has 0 spiro atoms. The Morgan fingerprint density at radius 2 is 1.00 bits per heavy atom. The summed E-state index contributed by atoms with van der Waals surface area (Å²) in [7, 11) is 5.26. The molecule has 18 heavy (non-hydrogen) atoms. The molecule has 0 radical (unpaired) electrons. The molecule has 0 aliphatic carbocycles. The highest BCUT2D eigenvalue weighted by Crippen LogP contribution is 2.13. The first kappa shape index (κ1) is 20.5. The van der Waals surface area contributed by atoms with Gasteiger partial charge in [-0.1, -0.05) is 13.3 Å². The molecule has 112 valence electrons. The van der Waals surface area contributed by atoms with Crippen LogP contribution in [0.25, 0.3) is 0 Å². The summed E-state index contributed by atoms with van der Waals surface area (Å²) in [4.78, 5) is 0. The van der Waals surface area contributed by atoms with Crippen molar-refractivity contribution in [3.8, 4) is 0 Å². The normalized spacial score (nSPS) is 12.0. The van der Waals surface area contributed by atoms with Crippen molar-refractivity contribution in [3.05, 3.63) is 0 Å². The van der Waals surface area contributed by atoms with Crippen molar-refractivity contribution in [1.82, 2.24) is 0 Å². The molecule has 0 amide bonds. The predicted molar refractivity (Wildman–Crippen MR) is 74.5 cm³/mol. The van der Waals surface area contributed by atoms with Gasteiger partial charge in [-0.15, -0.1) is 0 Å². The zero-order chi connectivity index (χ0) is 14.7. The van der Waals surface area contributed by atoms with Crippen molar-refractivity contribution in [1.29, 1.82) is 0 Å². The first-order valence-electron chi connectivity index (χ1n) is 5.73. The summed E-state index contributed by atoms with van der Waals surface area (Å²) in [5.41, 5.74) is 0. The summed E-state index contributed by atoms with van der Waals surface area (Å²) in [5, 5.41) is 0. The van der Waals surface area contributed by atoms with Crippen molar-refractivity contribution < 1.29 is 26.6 Å². The average molecular weight is 300 g/mol. The third kappa shape index (κ3) is 7.59. The summed E-state index contributed by atoms with van der Waals surface area (Å²) in [6.45, 7) is 3.91. The summed E-state index contributed by atoms with van der Waals surface area (Å²) in [5.74, 6) is 0. The lowest BCUT2D eigenvalue weighted by Gasteiger charge is -2.23. The van der Waals surface area contributed by atoms with Gasteiger partial charge in [0.15, 0.2) is 0 Å². The quantitative estimate of drug-likeness (QED) is 0.637. The Morgan fingerprint density at radius 3 is 1.06 bits per heavy atom. The van der Waals surface area contributed by atoms with Crippen molar-refractivity contribution in [2.75, 3.05) is 42.7 Å². The third-order valence-corrected chi connectivity index (χ3v) is 7.80. The standard InChI is InChI=1S/C6H16O3Si.C4H12O3Si/c1-5-6-10(7-2,8-3)9-4;1-5-8(4,6-2)7-3/h5-6H2,1-4H3;1-4H3. The van der Waals surface area contributed by atoms with Crippen molar-refractivity contribution >= 4 is 17.6 Å². The third-order valence-electron chi connectivity index (χ3n) is 2.60. The molecule has 0 fully saturated rings. The molecule has 0 aromatic rings. The van der Waals surface area contributed by atoms with Gasteiger partial charge in [0.2, 0.25) is 0 Å². The summed E-state index contributed by atoms with van der Waals surface area (Å²) in [6, 6.07) is 0.885. The maximum absolute atomic E-state index is 5.17. The highest BCUT2D eigenvalue weighted by Gasteiger charge is 2.36. The van der Waals surface area contributed by atoms with E-state index in [0.717, 1.165) is 12.5 Å². The molecule has 0 unspecified atom stereocenters. The average Bonchev–Trinajstić information content (AvgIpc) is 2.45. The van der Waals surface area contributed by atoms with E-state index < -0.39 is 17.6 Å². The molecular weight excluding hydrogens is 272 g/mol. The van der Waals surface area contributed by atoms with Gasteiger partial charge < -0.3 is 26.6 Å². The van der Waals surface area contributed by atoms with Crippen LogP contribution in [0.2, 0.25) is 12.6 Å². The van der Waals surface area contributed by atoms with Crippen LogP contribution in [0.4, 0.5) is 0 Å². The van der Waals surface area contributed by atoms with Gasteiger partial charge in [0.05, 0.1) is 0 Å². The van der Waals surface area contributed by atoms with E-state index in [1.54, 1.807) is 42.7 Å². The second kappa shape index (κ2) is 11.1. The summed E-state index contributed by atoms with van der Waals surface area (Å²) < 4.78 is 30.3. The molecule has 0 heterocycles. The van der Waals surface area contributed by atoms with Crippen LogP contribution in [0.1, 0.15) is 13.3 Å². The van der Waals surface area contributed by atoms with Crippen LogP contribution in [0.3, 0.4) is 0 Å². The molecular formula is C10H28O6Si2. The molecule has 0 bridgehead atoms. The molecule has 6 nitrogen and oxygen atoms in total. The maximum atomic E-state index is 5.17. The maximum Gasteiger partial charge on any atom is 0.500 e. The lowest BCUT2D eigenvalue weighted by molar-refractivity contribution is 0.123. The van der Waals surface area contributed by atoms with Crippen molar-refractivity contribution in [2.24, 2.45) is 0 Å². The Hall–Kier alpha value is 0.194. The first-order valence-corrected chi connectivity index (χ1v) is 9.89. The Bertz CT molecular complexity index is 169. The van der Waals surface area contributed by atoms with Gasteiger partial charge >= 0.3 is 17.6 Å². The molecule has 0 aromatic heterocycles. The van der Waals surface area contributed by atoms with Gasteiger partial charge in [0.25, 0.3) is 0 Å². The fraction of sp³-hybridized carbons (Fsp3) is 1.00. The molecule has 0 aliphatic heterocycles. The summed E-state index contributed by atoms with van der Waals surface area (Å²) in [6.07, 6.45) is 1.03. The smallest absolute Gasteiger partial charge is 0.377 e. The number of hydrogen-bond acceptors (Lipinski definition) is 6. The van der Waals surface area contributed by atoms with Crippen LogP contribution in [-0.2, 0) is 26.6 Å². The molecule has 8 heteroatoms. The fourth-order valence-electron chi connectivity index (χ4n) is 1.11. The lowest BCUT2D eigenvalue weighted by Crippen LogP contribution is -2.42. The Kier molecular flexibility index (Phi) is 12.6. The highest BCUT2D eigenvalue weighted by molar-refractivity contribution is 6.60. The monoisotopic (exact) mass is 300 g/mol. The number of hydrogen-bond donors (Lipinski definition) is 0. The van der Waals surface area contributed by atoms with Gasteiger partial charge in [-0.3, -0.25) is 0 Å². The fourth-order valence-corrected chi connectivity index (χ4v) is 3.34. The lowest BCUT2D eigenvalue weighted by atomic mass is 10.6. The van der Waals surface area contributed by atoms with Crippen LogP contribution in [0.15, 0.2) is 0 Å². The van der Waals surface area contributed by atoms with E-state index in [4.69, 9.17) is 26.6 Å². The van der Waals surface area contributed by atoms with Crippen LogP contribution in [0.5, 0.6) is 0 Å². The van der Waals surface area contributed by atoms with Crippen LogP contribution in [0, 0.1) is 0 Å². The zero-order valence-corrected chi connectivity index (χ0v) is 14.9. The molecule has 0 N–H and O–H groups in total. The minimum absolute atomic E-state index is 0.885. The van der Waals surface area contributed by atoms with E-state index in [9.17, 15) is 0 Å². The van der Waals surface area contributed by atoms with Gasteiger partial charge in [0.1, 0.15) is 0 Å². The predicted octanol–water partition coefficient (Wildman–Crippen LogP) is 1.77. The van der Waals surface area contributed by atoms with E-state index in [1.165, 1.54) is 0 Å². The van der Waals surface area contributed by atoms with Gasteiger partial charge in [0, 0.05) is 55.2 Å². The number of rotatable bonds is 8. The molecule has 0 rings (SSSR count). The van der Waals surface area contributed by atoms with Crippen LogP contribution in [-0.4, -0.2) is 60.3 Å². The van der Waals surface area contributed by atoms with Crippen molar-refractivity contribution in [2.45, 2.75) is 25.9 Å². The molecule has 0 saturated heterocycles. The Labute approximate surface area is 113 Å². The zero-order valence-electron chi connectivity index (χ0n) is 12.9. The van der Waals surface area contributed by atoms with E-state index in [2.05, 4.69) is 6.92 Å². The second-order valence-electron chi connectivity index (χ2n) is 3.52. The van der Waals surface area contributed by atoms with Gasteiger partial charge in [-0.2, -0.15) is 0 Å². The molecule has 0 aliphatic rings. The topological polar surface area (TPSA) is 55.4 Å². The van der Waals surface area contributed by atoms with Crippen LogP contribution >= 0.6 is 0 Å². The summed E-state index contributed by atoms with van der Waals surface area (Å²) >= 11 is 0. The SMILES string of the molecule is CCC[Si](OC)(OC)OC.CO[Si](C)(OC)OC. The molecule has 0 aromatic carbocycles. The molecule has 0 atom stereocenters. The van der Waals surface area contributed by atoms with Gasteiger partial charge in [-0.05, 0) is 0 Å². The van der Waals surface area contributed by atoms with E-state index in [1.807, 2.05) is 6.55 Å². The van der Waals surface area contributed by atoms with E-state index >= 15 is 0 Å². The first-order chi connectivity index (χ1) is 8.42. The van der Waals surface area contributed by atoms with Crippen molar-refractivity contribution in [3.63, 3.8) is 0 Å². The largest absolute Gasteiger partial charge is 0.500 e. The Balaban J connectivity index is 0. The second-order valence-corrected chi connectivity index (χ2v) is 9.56. The van der Waals surface area contributed by atoms with E-state index in [-0.39, 0.29) is 0 Å². The minimum atomic E-state index is -2.22. The van der Waals surface area contributed by atoms with Crippen LogP contribution < -0.4 is 0 Å². The Morgan fingerprint density at radius 1 is 0.667 bits per heavy atom. The van der Waals surface area contributed by atoms with Gasteiger partial charge in [-0.25, -0.2) is 0 Å². The molecule has 0 saturated carbocycles. The highest BCUT2D eigenvalue weighted by atomic mass is 28.4.